The lowest BCUT2D eigenvalue weighted by Crippen LogP contribution is -2.38. The lowest BCUT2D eigenvalue weighted by atomic mass is 10.1. The van der Waals surface area contributed by atoms with Gasteiger partial charge in [-0.3, -0.25) is 4.90 Å². The topological polar surface area (TPSA) is 15.3 Å². The van der Waals surface area contributed by atoms with Crippen LogP contribution in [-0.2, 0) is 6.54 Å². The fourth-order valence-electron chi connectivity index (χ4n) is 2.84. The number of rotatable bonds is 6. The van der Waals surface area contributed by atoms with Gasteiger partial charge in [0, 0.05) is 25.7 Å². The zero-order valence-electron chi connectivity index (χ0n) is 12.3. The molecule has 0 aromatic heterocycles. The van der Waals surface area contributed by atoms with Crippen LogP contribution in [0.5, 0.6) is 0 Å². The number of hydrogen-bond donors (Lipinski definition) is 1. The van der Waals surface area contributed by atoms with Gasteiger partial charge in [-0.25, -0.2) is 4.39 Å². The van der Waals surface area contributed by atoms with Crippen molar-refractivity contribution in [3.05, 3.63) is 34.1 Å². The van der Waals surface area contributed by atoms with E-state index in [1.165, 1.54) is 12.8 Å². The zero-order valence-corrected chi connectivity index (χ0v) is 13.9. The molecule has 1 unspecified atom stereocenters. The molecule has 0 amide bonds. The normalized spacial score (nSPS) is 19.2. The SMILES string of the molecule is CC(C)CN(Cc1ccc(F)c(Br)c1)CC1CCCN1. The average Bonchev–Trinajstić information content (AvgIpc) is 2.86. The molecule has 2 rings (SSSR count). The molecule has 1 saturated heterocycles. The van der Waals surface area contributed by atoms with Crippen LogP contribution in [0.2, 0.25) is 0 Å². The van der Waals surface area contributed by atoms with Gasteiger partial charge in [-0.1, -0.05) is 19.9 Å². The number of nitrogens with zero attached hydrogens (tertiary/aromatic N) is 1. The van der Waals surface area contributed by atoms with Gasteiger partial charge in [-0.2, -0.15) is 0 Å². The second-order valence-electron chi connectivity index (χ2n) is 6.13. The largest absolute Gasteiger partial charge is 0.313 e. The first kappa shape index (κ1) is 15.9. The molecule has 1 aliphatic rings. The van der Waals surface area contributed by atoms with Crippen LogP contribution in [0.3, 0.4) is 0 Å². The first-order valence-corrected chi connectivity index (χ1v) is 8.23. The minimum Gasteiger partial charge on any atom is -0.313 e. The van der Waals surface area contributed by atoms with Gasteiger partial charge in [-0.15, -0.1) is 0 Å². The smallest absolute Gasteiger partial charge is 0.137 e. The summed E-state index contributed by atoms with van der Waals surface area (Å²) in [6, 6.07) is 5.93. The third-order valence-corrected chi connectivity index (χ3v) is 4.26. The fraction of sp³-hybridized carbons (Fsp3) is 0.625. The van der Waals surface area contributed by atoms with Crippen molar-refractivity contribution in [1.82, 2.24) is 10.2 Å². The molecule has 20 heavy (non-hydrogen) atoms. The molecule has 0 radical (unpaired) electrons. The fourth-order valence-corrected chi connectivity index (χ4v) is 3.27. The molecular formula is C16H24BrFN2. The van der Waals surface area contributed by atoms with Crippen LogP contribution in [-0.4, -0.2) is 30.6 Å². The van der Waals surface area contributed by atoms with E-state index in [4.69, 9.17) is 0 Å². The highest BCUT2D eigenvalue weighted by molar-refractivity contribution is 9.10. The van der Waals surface area contributed by atoms with E-state index < -0.39 is 0 Å². The zero-order chi connectivity index (χ0) is 14.5. The Balaban J connectivity index is 1.99. The third-order valence-electron chi connectivity index (χ3n) is 3.65. The number of hydrogen-bond acceptors (Lipinski definition) is 2. The summed E-state index contributed by atoms with van der Waals surface area (Å²) in [5.74, 6) is 0.446. The summed E-state index contributed by atoms with van der Waals surface area (Å²) < 4.78 is 13.9. The van der Waals surface area contributed by atoms with Crippen molar-refractivity contribution in [3.8, 4) is 0 Å². The Morgan fingerprint density at radius 3 is 2.85 bits per heavy atom. The van der Waals surface area contributed by atoms with Gasteiger partial charge >= 0.3 is 0 Å². The second-order valence-corrected chi connectivity index (χ2v) is 6.98. The van der Waals surface area contributed by atoms with Gasteiger partial charge in [-0.05, 0) is 58.9 Å². The minimum atomic E-state index is -0.193. The van der Waals surface area contributed by atoms with Crippen LogP contribution in [0.15, 0.2) is 22.7 Å². The van der Waals surface area contributed by atoms with E-state index in [0.717, 1.165) is 31.7 Å². The Morgan fingerprint density at radius 2 is 2.25 bits per heavy atom. The van der Waals surface area contributed by atoms with Crippen molar-refractivity contribution in [2.75, 3.05) is 19.6 Å². The quantitative estimate of drug-likeness (QED) is 0.845. The molecular weight excluding hydrogens is 319 g/mol. The maximum Gasteiger partial charge on any atom is 0.137 e. The van der Waals surface area contributed by atoms with E-state index in [2.05, 4.69) is 40.0 Å². The van der Waals surface area contributed by atoms with Gasteiger partial charge < -0.3 is 5.32 Å². The van der Waals surface area contributed by atoms with E-state index >= 15 is 0 Å². The van der Waals surface area contributed by atoms with Crippen molar-refractivity contribution in [2.45, 2.75) is 39.3 Å². The molecule has 0 aliphatic carbocycles. The Morgan fingerprint density at radius 1 is 1.45 bits per heavy atom. The summed E-state index contributed by atoms with van der Waals surface area (Å²) in [6.45, 7) is 8.67. The molecule has 0 spiro atoms. The van der Waals surface area contributed by atoms with Gasteiger partial charge in [0.1, 0.15) is 5.82 Å². The number of benzene rings is 1. The summed E-state index contributed by atoms with van der Waals surface area (Å²) in [6.07, 6.45) is 2.55. The van der Waals surface area contributed by atoms with Crippen LogP contribution < -0.4 is 5.32 Å². The Labute approximate surface area is 129 Å². The summed E-state index contributed by atoms with van der Waals surface area (Å²) in [7, 11) is 0. The highest BCUT2D eigenvalue weighted by Crippen LogP contribution is 2.19. The molecule has 1 heterocycles. The Bertz CT molecular complexity index is 430. The van der Waals surface area contributed by atoms with Crippen molar-refractivity contribution in [2.24, 2.45) is 5.92 Å². The Kier molecular flexibility index (Phi) is 6.00. The standard InChI is InChI=1S/C16H24BrFN2/c1-12(2)9-20(11-14-4-3-7-19-14)10-13-5-6-16(18)15(17)8-13/h5-6,8,12,14,19H,3-4,7,9-11H2,1-2H3. The molecule has 112 valence electrons. The molecule has 1 aromatic rings. The second kappa shape index (κ2) is 7.53. The molecule has 1 atom stereocenters. The first-order valence-electron chi connectivity index (χ1n) is 7.44. The van der Waals surface area contributed by atoms with E-state index in [-0.39, 0.29) is 5.82 Å². The third kappa shape index (κ3) is 4.83. The monoisotopic (exact) mass is 342 g/mol. The minimum absolute atomic E-state index is 0.193. The van der Waals surface area contributed by atoms with E-state index in [9.17, 15) is 4.39 Å². The van der Waals surface area contributed by atoms with Gasteiger partial charge in [0.15, 0.2) is 0 Å². The van der Waals surface area contributed by atoms with Crippen LogP contribution >= 0.6 is 15.9 Å². The lowest BCUT2D eigenvalue weighted by molar-refractivity contribution is 0.216. The number of nitrogens with one attached hydrogen (secondary N) is 1. The molecule has 0 saturated carbocycles. The molecule has 2 nitrogen and oxygen atoms in total. The van der Waals surface area contributed by atoms with E-state index in [1.807, 2.05) is 12.1 Å². The highest BCUT2D eigenvalue weighted by atomic mass is 79.9. The molecule has 1 N–H and O–H groups in total. The van der Waals surface area contributed by atoms with Gasteiger partial charge in [0.25, 0.3) is 0 Å². The van der Waals surface area contributed by atoms with Crippen LogP contribution in [0.4, 0.5) is 4.39 Å². The van der Waals surface area contributed by atoms with Crippen LogP contribution in [0.25, 0.3) is 0 Å². The van der Waals surface area contributed by atoms with Gasteiger partial charge in [0.2, 0.25) is 0 Å². The van der Waals surface area contributed by atoms with Crippen LogP contribution in [0.1, 0.15) is 32.3 Å². The molecule has 4 heteroatoms. The predicted octanol–water partition coefficient (Wildman–Crippen LogP) is 3.80. The maximum atomic E-state index is 13.3. The predicted molar refractivity (Wildman–Crippen MR) is 85.2 cm³/mol. The number of halogens is 2. The average molecular weight is 343 g/mol. The summed E-state index contributed by atoms with van der Waals surface area (Å²) in [5.41, 5.74) is 1.16. The molecule has 1 fully saturated rings. The lowest BCUT2D eigenvalue weighted by Gasteiger charge is -2.27. The summed E-state index contributed by atoms with van der Waals surface area (Å²) >= 11 is 3.27. The van der Waals surface area contributed by atoms with Crippen molar-refractivity contribution < 1.29 is 4.39 Å². The van der Waals surface area contributed by atoms with Crippen molar-refractivity contribution >= 4 is 15.9 Å². The van der Waals surface area contributed by atoms with Crippen molar-refractivity contribution in [1.29, 1.82) is 0 Å². The molecule has 1 aliphatic heterocycles. The van der Waals surface area contributed by atoms with Gasteiger partial charge in [0.05, 0.1) is 4.47 Å². The van der Waals surface area contributed by atoms with Crippen molar-refractivity contribution in [3.63, 3.8) is 0 Å². The molecule has 1 aromatic carbocycles. The summed E-state index contributed by atoms with van der Waals surface area (Å²) in [4.78, 5) is 2.48. The van der Waals surface area contributed by atoms with E-state index in [1.54, 1.807) is 6.07 Å². The summed E-state index contributed by atoms with van der Waals surface area (Å²) in [5, 5.41) is 3.56. The highest BCUT2D eigenvalue weighted by Gasteiger charge is 2.18. The van der Waals surface area contributed by atoms with E-state index in [0.29, 0.717) is 16.4 Å². The Hall–Kier alpha value is -0.450. The van der Waals surface area contributed by atoms with Crippen LogP contribution in [0, 0.1) is 11.7 Å². The molecule has 0 bridgehead atoms. The maximum absolute atomic E-state index is 13.3. The first-order chi connectivity index (χ1) is 9.54.